The molecule has 0 spiro atoms. The highest BCUT2D eigenvalue weighted by atomic mass is 16.5. The van der Waals surface area contributed by atoms with Gasteiger partial charge in [-0.3, -0.25) is 0 Å². The van der Waals surface area contributed by atoms with Crippen LogP contribution in [0.4, 0.5) is 0 Å². The first kappa shape index (κ1) is 13.6. The first-order chi connectivity index (χ1) is 8.83. The minimum absolute atomic E-state index is 0.376. The predicted octanol–water partition coefficient (Wildman–Crippen LogP) is 3.66. The van der Waals surface area contributed by atoms with Crippen LogP contribution in [0, 0.1) is 5.92 Å². The van der Waals surface area contributed by atoms with E-state index in [0.717, 1.165) is 30.4 Å². The van der Waals surface area contributed by atoms with Crippen LogP contribution in [0.3, 0.4) is 0 Å². The summed E-state index contributed by atoms with van der Waals surface area (Å²) in [5.41, 5.74) is 0. The number of nitrogens with one attached hydrogen (secondary N) is 1. The Hall–Kier alpha value is -0.800. The van der Waals surface area contributed by atoms with E-state index in [1.54, 1.807) is 7.11 Å². The van der Waals surface area contributed by atoms with E-state index in [0.29, 0.717) is 12.6 Å². The van der Waals surface area contributed by atoms with Gasteiger partial charge in [0.2, 0.25) is 0 Å². The van der Waals surface area contributed by atoms with Crippen molar-refractivity contribution in [3.63, 3.8) is 0 Å². The molecule has 1 unspecified atom stereocenters. The summed E-state index contributed by atoms with van der Waals surface area (Å²) in [6.45, 7) is 3.81. The fourth-order valence-corrected chi connectivity index (χ4v) is 2.48. The zero-order chi connectivity index (χ0) is 12.8. The molecule has 1 heterocycles. The number of ether oxygens (including phenoxy) is 1. The molecule has 1 aromatic heterocycles. The van der Waals surface area contributed by atoms with Crippen molar-refractivity contribution in [1.29, 1.82) is 0 Å². The minimum atomic E-state index is 0.376. The van der Waals surface area contributed by atoms with E-state index in [2.05, 4.69) is 18.3 Å². The lowest BCUT2D eigenvalue weighted by molar-refractivity contribution is 0.159. The summed E-state index contributed by atoms with van der Waals surface area (Å²) in [4.78, 5) is 0. The van der Waals surface area contributed by atoms with Gasteiger partial charge in [-0.1, -0.05) is 26.2 Å². The zero-order valence-electron chi connectivity index (χ0n) is 11.6. The fourth-order valence-electron chi connectivity index (χ4n) is 2.48. The molecule has 3 nitrogen and oxygen atoms in total. The van der Waals surface area contributed by atoms with Crippen LogP contribution >= 0.6 is 0 Å². The largest absolute Gasteiger partial charge is 0.462 e. The molecule has 18 heavy (non-hydrogen) atoms. The molecule has 0 amide bonds. The first-order valence-corrected chi connectivity index (χ1v) is 7.14. The lowest BCUT2D eigenvalue weighted by atomic mass is 9.80. The van der Waals surface area contributed by atoms with Crippen LogP contribution in [0.15, 0.2) is 16.5 Å². The Balaban J connectivity index is 1.95. The SMILES string of the molecule is CCCNC(CC1CCC1)c1ccc(COC)o1. The molecule has 2 rings (SSSR count). The van der Waals surface area contributed by atoms with Gasteiger partial charge in [0.05, 0.1) is 6.04 Å². The second-order valence-corrected chi connectivity index (χ2v) is 5.28. The van der Waals surface area contributed by atoms with Gasteiger partial charge in [0, 0.05) is 7.11 Å². The molecule has 1 aliphatic rings. The summed E-state index contributed by atoms with van der Waals surface area (Å²) in [7, 11) is 1.70. The average Bonchev–Trinajstić information content (AvgIpc) is 2.76. The van der Waals surface area contributed by atoms with E-state index >= 15 is 0 Å². The molecule has 1 saturated carbocycles. The van der Waals surface area contributed by atoms with Crippen molar-refractivity contribution in [2.45, 2.75) is 51.7 Å². The molecule has 0 aliphatic heterocycles. The third-order valence-corrected chi connectivity index (χ3v) is 3.75. The lowest BCUT2D eigenvalue weighted by Crippen LogP contribution is -2.26. The Morgan fingerprint density at radius 1 is 1.44 bits per heavy atom. The standard InChI is InChI=1S/C15H25NO2/c1-3-9-16-14(10-12-5-4-6-12)15-8-7-13(18-15)11-17-2/h7-8,12,14,16H,3-6,9-11H2,1-2H3. The van der Waals surface area contributed by atoms with E-state index in [4.69, 9.17) is 9.15 Å². The number of methoxy groups -OCH3 is 1. The lowest BCUT2D eigenvalue weighted by Gasteiger charge is -2.29. The molecule has 1 atom stereocenters. The number of hydrogen-bond acceptors (Lipinski definition) is 3. The number of furan rings is 1. The van der Waals surface area contributed by atoms with Crippen LogP contribution in [0.5, 0.6) is 0 Å². The molecular formula is C15H25NO2. The summed E-state index contributed by atoms with van der Waals surface area (Å²) >= 11 is 0. The molecule has 1 aliphatic carbocycles. The van der Waals surface area contributed by atoms with Crippen LogP contribution in [-0.4, -0.2) is 13.7 Å². The second-order valence-electron chi connectivity index (χ2n) is 5.28. The molecule has 3 heteroatoms. The van der Waals surface area contributed by atoms with Crippen molar-refractivity contribution < 1.29 is 9.15 Å². The molecule has 1 aromatic rings. The highest BCUT2D eigenvalue weighted by molar-refractivity contribution is 5.11. The molecule has 102 valence electrons. The average molecular weight is 251 g/mol. The molecule has 0 saturated heterocycles. The van der Waals surface area contributed by atoms with E-state index in [1.807, 2.05) is 6.07 Å². The van der Waals surface area contributed by atoms with Gasteiger partial charge in [0.25, 0.3) is 0 Å². The Bertz CT molecular complexity index is 344. The smallest absolute Gasteiger partial charge is 0.129 e. The van der Waals surface area contributed by atoms with Crippen LogP contribution in [-0.2, 0) is 11.3 Å². The van der Waals surface area contributed by atoms with E-state index in [9.17, 15) is 0 Å². The van der Waals surface area contributed by atoms with Crippen molar-refractivity contribution in [3.05, 3.63) is 23.7 Å². The third kappa shape index (κ3) is 3.59. The maximum Gasteiger partial charge on any atom is 0.129 e. The summed E-state index contributed by atoms with van der Waals surface area (Å²) in [5, 5.41) is 3.61. The van der Waals surface area contributed by atoms with Gasteiger partial charge in [-0.05, 0) is 37.4 Å². The van der Waals surface area contributed by atoms with Gasteiger partial charge >= 0.3 is 0 Å². The molecule has 1 fully saturated rings. The van der Waals surface area contributed by atoms with E-state index < -0.39 is 0 Å². The van der Waals surface area contributed by atoms with Gasteiger partial charge < -0.3 is 14.5 Å². The Morgan fingerprint density at radius 3 is 2.89 bits per heavy atom. The normalized spacial score (nSPS) is 17.7. The van der Waals surface area contributed by atoms with E-state index in [-0.39, 0.29) is 0 Å². The Morgan fingerprint density at radius 2 is 2.28 bits per heavy atom. The van der Waals surface area contributed by atoms with Crippen LogP contribution in [0.2, 0.25) is 0 Å². The van der Waals surface area contributed by atoms with Crippen molar-refractivity contribution >= 4 is 0 Å². The predicted molar refractivity (Wildman–Crippen MR) is 72.4 cm³/mol. The number of rotatable bonds is 8. The van der Waals surface area contributed by atoms with Crippen LogP contribution < -0.4 is 5.32 Å². The summed E-state index contributed by atoms with van der Waals surface area (Å²) in [6, 6.07) is 4.50. The first-order valence-electron chi connectivity index (χ1n) is 7.14. The van der Waals surface area contributed by atoms with Crippen molar-refractivity contribution in [1.82, 2.24) is 5.32 Å². The van der Waals surface area contributed by atoms with Gasteiger partial charge in [0.1, 0.15) is 18.1 Å². The van der Waals surface area contributed by atoms with Gasteiger partial charge in [-0.25, -0.2) is 0 Å². The quantitative estimate of drug-likeness (QED) is 0.765. The van der Waals surface area contributed by atoms with Crippen molar-refractivity contribution in [2.24, 2.45) is 5.92 Å². The van der Waals surface area contributed by atoms with Crippen molar-refractivity contribution in [3.8, 4) is 0 Å². The third-order valence-electron chi connectivity index (χ3n) is 3.75. The topological polar surface area (TPSA) is 34.4 Å². The van der Waals surface area contributed by atoms with Gasteiger partial charge in [-0.15, -0.1) is 0 Å². The highest BCUT2D eigenvalue weighted by Gasteiger charge is 2.24. The molecule has 1 N–H and O–H groups in total. The van der Waals surface area contributed by atoms with Crippen molar-refractivity contribution in [2.75, 3.05) is 13.7 Å². The molecular weight excluding hydrogens is 226 g/mol. The fraction of sp³-hybridized carbons (Fsp3) is 0.733. The van der Waals surface area contributed by atoms with E-state index in [1.165, 1.54) is 25.7 Å². The highest BCUT2D eigenvalue weighted by Crippen LogP contribution is 2.35. The maximum atomic E-state index is 5.87. The Kier molecular flexibility index (Phi) is 5.26. The summed E-state index contributed by atoms with van der Waals surface area (Å²) < 4.78 is 11.0. The van der Waals surface area contributed by atoms with Crippen LogP contribution in [0.1, 0.15) is 56.6 Å². The maximum absolute atomic E-state index is 5.87. The van der Waals surface area contributed by atoms with Crippen LogP contribution in [0.25, 0.3) is 0 Å². The number of hydrogen-bond donors (Lipinski definition) is 1. The second kappa shape index (κ2) is 6.95. The monoisotopic (exact) mass is 251 g/mol. The summed E-state index contributed by atoms with van der Waals surface area (Å²) in [5.74, 6) is 2.88. The van der Waals surface area contributed by atoms with Gasteiger partial charge in [-0.2, -0.15) is 0 Å². The molecule has 0 bridgehead atoms. The molecule has 0 radical (unpaired) electrons. The summed E-state index contributed by atoms with van der Waals surface area (Å²) in [6.07, 6.45) is 6.54. The molecule has 0 aromatic carbocycles. The zero-order valence-corrected chi connectivity index (χ0v) is 11.6. The minimum Gasteiger partial charge on any atom is -0.462 e. The van der Waals surface area contributed by atoms with Gasteiger partial charge in [0.15, 0.2) is 0 Å². The Labute approximate surface area is 110 Å².